The van der Waals surface area contributed by atoms with Crippen molar-refractivity contribution >= 4 is 16.9 Å². The highest BCUT2D eigenvalue weighted by molar-refractivity contribution is 5.98. The Hall–Kier alpha value is -3.81. The Bertz CT molecular complexity index is 1230. The molecule has 0 saturated carbocycles. The highest BCUT2D eigenvalue weighted by Gasteiger charge is 2.15. The molecular formula is C23H22FN5O2. The molecular weight excluding hydrogens is 397 g/mol. The number of benzene rings is 1. The van der Waals surface area contributed by atoms with Crippen LogP contribution in [0.5, 0.6) is 11.6 Å². The third-order valence-electron chi connectivity index (χ3n) is 4.78. The number of ether oxygens (including phenoxy) is 1. The number of pyridine rings is 2. The number of rotatable bonds is 6. The Labute approximate surface area is 178 Å². The number of hydrogen-bond acceptors (Lipinski definition) is 5. The van der Waals surface area contributed by atoms with E-state index in [0.29, 0.717) is 29.4 Å². The highest BCUT2D eigenvalue weighted by Crippen LogP contribution is 2.21. The third-order valence-corrected chi connectivity index (χ3v) is 4.78. The zero-order chi connectivity index (χ0) is 22.0. The minimum absolute atomic E-state index is 0.182. The fourth-order valence-electron chi connectivity index (χ4n) is 3.19. The zero-order valence-corrected chi connectivity index (χ0v) is 17.5. The number of aryl methyl sites for hydroxylation is 1. The van der Waals surface area contributed by atoms with Crippen molar-refractivity contribution in [2.45, 2.75) is 33.4 Å². The quantitative estimate of drug-likeness (QED) is 0.495. The molecule has 0 fully saturated rings. The number of nitrogens with one attached hydrogen (secondary N) is 1. The zero-order valence-electron chi connectivity index (χ0n) is 17.5. The van der Waals surface area contributed by atoms with Gasteiger partial charge in [0.2, 0.25) is 5.88 Å². The van der Waals surface area contributed by atoms with Crippen molar-refractivity contribution in [3.05, 3.63) is 77.5 Å². The van der Waals surface area contributed by atoms with Gasteiger partial charge in [0.1, 0.15) is 11.6 Å². The van der Waals surface area contributed by atoms with Crippen LogP contribution in [0.1, 0.15) is 41.5 Å². The van der Waals surface area contributed by atoms with Gasteiger partial charge in [0, 0.05) is 30.2 Å². The summed E-state index contributed by atoms with van der Waals surface area (Å²) >= 11 is 0. The summed E-state index contributed by atoms with van der Waals surface area (Å²) < 4.78 is 20.5. The second-order valence-corrected chi connectivity index (χ2v) is 7.46. The predicted octanol–water partition coefficient (Wildman–Crippen LogP) is 4.58. The summed E-state index contributed by atoms with van der Waals surface area (Å²) in [5.41, 5.74) is 2.73. The van der Waals surface area contributed by atoms with Crippen LogP contribution in [0.2, 0.25) is 0 Å². The van der Waals surface area contributed by atoms with Gasteiger partial charge in [0.25, 0.3) is 5.91 Å². The molecule has 158 valence electrons. The Morgan fingerprint density at radius 3 is 2.71 bits per heavy atom. The van der Waals surface area contributed by atoms with E-state index >= 15 is 0 Å². The van der Waals surface area contributed by atoms with E-state index in [9.17, 15) is 9.18 Å². The van der Waals surface area contributed by atoms with E-state index in [1.807, 2.05) is 31.5 Å². The van der Waals surface area contributed by atoms with Gasteiger partial charge in [-0.1, -0.05) is 0 Å². The lowest BCUT2D eigenvalue weighted by atomic mass is 10.1. The number of carbonyl (C=O) groups excluding carboxylic acids is 1. The van der Waals surface area contributed by atoms with Gasteiger partial charge in [0.05, 0.1) is 17.5 Å². The van der Waals surface area contributed by atoms with Gasteiger partial charge in [-0.15, -0.1) is 0 Å². The van der Waals surface area contributed by atoms with Gasteiger partial charge < -0.3 is 10.1 Å². The number of aromatic nitrogens is 4. The van der Waals surface area contributed by atoms with E-state index in [2.05, 4.69) is 20.4 Å². The molecule has 0 atom stereocenters. The number of halogens is 1. The second kappa shape index (κ2) is 8.51. The molecule has 4 rings (SSSR count). The number of amides is 1. The summed E-state index contributed by atoms with van der Waals surface area (Å²) in [5.74, 6) is 0.282. The summed E-state index contributed by atoms with van der Waals surface area (Å²) in [5, 5.41) is 8.09. The van der Waals surface area contributed by atoms with Crippen molar-refractivity contribution in [3.8, 4) is 11.6 Å². The molecule has 7 nitrogen and oxygen atoms in total. The first-order valence-corrected chi connectivity index (χ1v) is 9.92. The molecule has 0 spiro atoms. The average Bonchev–Trinajstić information content (AvgIpc) is 3.16. The number of fused-ring (bicyclic) bond motifs is 1. The average molecular weight is 419 g/mol. The maximum Gasteiger partial charge on any atom is 0.253 e. The predicted molar refractivity (Wildman–Crippen MR) is 115 cm³/mol. The van der Waals surface area contributed by atoms with E-state index in [1.54, 1.807) is 24.5 Å². The summed E-state index contributed by atoms with van der Waals surface area (Å²) in [4.78, 5) is 21.5. The van der Waals surface area contributed by atoms with Crippen LogP contribution < -0.4 is 10.1 Å². The molecule has 1 N–H and O–H groups in total. The lowest BCUT2D eigenvalue weighted by Gasteiger charge is -2.10. The monoisotopic (exact) mass is 419 g/mol. The minimum atomic E-state index is -0.337. The number of nitrogens with zero attached hydrogens (tertiary/aromatic N) is 4. The van der Waals surface area contributed by atoms with Gasteiger partial charge in [-0.05, 0) is 62.7 Å². The molecule has 1 amide bonds. The Balaban J connectivity index is 1.46. The maximum atomic E-state index is 13.0. The Morgan fingerprint density at radius 1 is 1.19 bits per heavy atom. The smallest absolute Gasteiger partial charge is 0.253 e. The summed E-state index contributed by atoms with van der Waals surface area (Å²) in [6.45, 7) is 6.18. The SMILES string of the molecule is Cc1nc2c(cnn2C(C)C)cc1C(=O)NCc1ccnc(Oc2ccc(F)cc2)c1. The van der Waals surface area contributed by atoms with Crippen LogP contribution in [0.3, 0.4) is 0 Å². The summed E-state index contributed by atoms with van der Waals surface area (Å²) in [7, 11) is 0. The molecule has 0 aliphatic heterocycles. The number of hydrogen-bond donors (Lipinski definition) is 1. The van der Waals surface area contributed by atoms with Crippen molar-refractivity contribution < 1.29 is 13.9 Å². The number of carbonyl (C=O) groups is 1. The van der Waals surface area contributed by atoms with Gasteiger partial charge in [-0.2, -0.15) is 5.10 Å². The Morgan fingerprint density at radius 2 is 1.97 bits per heavy atom. The van der Waals surface area contributed by atoms with Gasteiger partial charge in [-0.3, -0.25) is 4.79 Å². The lowest BCUT2D eigenvalue weighted by Crippen LogP contribution is -2.24. The fourth-order valence-corrected chi connectivity index (χ4v) is 3.19. The van der Waals surface area contributed by atoms with E-state index < -0.39 is 0 Å². The fraction of sp³-hybridized carbons (Fsp3) is 0.217. The van der Waals surface area contributed by atoms with Gasteiger partial charge in [0.15, 0.2) is 5.65 Å². The van der Waals surface area contributed by atoms with Crippen LogP contribution in [0.15, 0.2) is 54.9 Å². The molecule has 0 aliphatic carbocycles. The van der Waals surface area contributed by atoms with Crippen molar-refractivity contribution in [2.75, 3.05) is 0 Å². The van der Waals surface area contributed by atoms with Crippen LogP contribution in [-0.2, 0) is 6.54 Å². The van der Waals surface area contributed by atoms with E-state index in [0.717, 1.165) is 16.6 Å². The minimum Gasteiger partial charge on any atom is -0.439 e. The standard InChI is InChI=1S/C23H22FN5O2/c1-14(2)29-22-17(13-27-29)11-20(15(3)28-22)23(30)26-12-16-8-9-25-21(10-16)31-19-6-4-18(24)5-7-19/h4-11,13-14H,12H2,1-3H3,(H,26,30). The summed E-state index contributed by atoms with van der Waals surface area (Å²) in [6, 6.07) is 11.2. The topological polar surface area (TPSA) is 81.9 Å². The van der Waals surface area contributed by atoms with Crippen LogP contribution in [0.25, 0.3) is 11.0 Å². The van der Waals surface area contributed by atoms with Gasteiger partial charge in [-0.25, -0.2) is 19.0 Å². The van der Waals surface area contributed by atoms with Crippen LogP contribution in [-0.4, -0.2) is 25.7 Å². The summed E-state index contributed by atoms with van der Waals surface area (Å²) in [6.07, 6.45) is 3.32. The van der Waals surface area contributed by atoms with E-state index in [1.165, 1.54) is 24.3 Å². The molecule has 0 saturated heterocycles. The normalized spacial score (nSPS) is 11.1. The lowest BCUT2D eigenvalue weighted by molar-refractivity contribution is 0.0950. The first-order valence-electron chi connectivity index (χ1n) is 9.92. The van der Waals surface area contributed by atoms with Crippen molar-refractivity contribution in [1.82, 2.24) is 25.1 Å². The molecule has 0 aliphatic rings. The van der Waals surface area contributed by atoms with Crippen molar-refractivity contribution in [1.29, 1.82) is 0 Å². The van der Waals surface area contributed by atoms with Crippen molar-refractivity contribution in [3.63, 3.8) is 0 Å². The molecule has 3 aromatic heterocycles. The Kier molecular flexibility index (Phi) is 5.62. The molecule has 8 heteroatoms. The first kappa shape index (κ1) is 20.5. The molecule has 1 aromatic carbocycles. The van der Waals surface area contributed by atoms with Crippen LogP contribution in [0, 0.1) is 12.7 Å². The van der Waals surface area contributed by atoms with Crippen LogP contribution >= 0.6 is 0 Å². The van der Waals surface area contributed by atoms with Crippen molar-refractivity contribution in [2.24, 2.45) is 0 Å². The molecule has 4 aromatic rings. The van der Waals surface area contributed by atoms with E-state index in [-0.39, 0.29) is 17.8 Å². The first-order chi connectivity index (χ1) is 14.9. The third kappa shape index (κ3) is 4.53. The van der Waals surface area contributed by atoms with Gasteiger partial charge >= 0.3 is 0 Å². The second-order valence-electron chi connectivity index (χ2n) is 7.46. The molecule has 0 radical (unpaired) electrons. The maximum absolute atomic E-state index is 13.0. The van der Waals surface area contributed by atoms with E-state index in [4.69, 9.17) is 4.74 Å². The molecule has 0 unspecified atom stereocenters. The van der Waals surface area contributed by atoms with Crippen LogP contribution in [0.4, 0.5) is 4.39 Å². The molecule has 3 heterocycles. The largest absolute Gasteiger partial charge is 0.439 e. The highest BCUT2D eigenvalue weighted by atomic mass is 19.1. The molecule has 31 heavy (non-hydrogen) atoms. The molecule has 0 bridgehead atoms.